The highest BCUT2D eigenvalue weighted by Gasteiger charge is 2.36. The molecule has 4 nitrogen and oxygen atoms in total. The van der Waals surface area contributed by atoms with E-state index in [-0.39, 0.29) is 10.0 Å². The van der Waals surface area contributed by atoms with E-state index >= 15 is 0 Å². The molecule has 0 aliphatic heterocycles. The Morgan fingerprint density at radius 1 is 1.21 bits per heavy atom. The second-order valence-corrected chi connectivity index (χ2v) is 7.77. The molecule has 2 saturated carbocycles. The largest absolute Gasteiger partial charge is 0.246 e. The summed E-state index contributed by atoms with van der Waals surface area (Å²) in [6.07, 6.45) is 6.05. The standard InChI is InChI=1S/C13H17ClN2O2S/c14-13-12(2-1-7-15-13)19(17,18)16(8-10-3-4-10)9-11-5-6-11/h1-2,7,10-11H,3-6,8-9H2. The quantitative estimate of drug-likeness (QED) is 0.759. The van der Waals surface area contributed by atoms with Gasteiger partial charge >= 0.3 is 0 Å². The molecule has 0 saturated heterocycles. The zero-order valence-corrected chi connectivity index (χ0v) is 12.2. The Kier molecular flexibility index (Phi) is 3.53. The van der Waals surface area contributed by atoms with Gasteiger partial charge < -0.3 is 0 Å². The van der Waals surface area contributed by atoms with E-state index in [1.165, 1.54) is 12.3 Å². The van der Waals surface area contributed by atoms with E-state index in [0.717, 1.165) is 25.7 Å². The third-order valence-corrected chi connectivity index (χ3v) is 5.94. The van der Waals surface area contributed by atoms with E-state index < -0.39 is 10.0 Å². The highest BCUT2D eigenvalue weighted by molar-refractivity contribution is 7.89. The second-order valence-electron chi connectivity index (χ2n) is 5.50. The van der Waals surface area contributed by atoms with Crippen molar-refractivity contribution in [1.29, 1.82) is 0 Å². The van der Waals surface area contributed by atoms with Crippen molar-refractivity contribution in [2.45, 2.75) is 30.6 Å². The van der Waals surface area contributed by atoms with Crippen LogP contribution in [0.3, 0.4) is 0 Å². The second kappa shape index (κ2) is 5.04. The average molecular weight is 301 g/mol. The summed E-state index contributed by atoms with van der Waals surface area (Å²) in [5, 5.41) is 0.0686. The fraction of sp³-hybridized carbons (Fsp3) is 0.615. The van der Waals surface area contributed by atoms with Crippen LogP contribution in [0.4, 0.5) is 0 Å². The van der Waals surface area contributed by atoms with Crippen LogP contribution in [0.5, 0.6) is 0 Å². The fourth-order valence-corrected chi connectivity index (χ4v) is 4.17. The number of hydrogen-bond donors (Lipinski definition) is 0. The molecule has 1 aromatic rings. The average Bonchev–Trinajstić information content (AvgIpc) is 3.23. The first-order valence-electron chi connectivity index (χ1n) is 6.68. The third-order valence-electron chi connectivity index (χ3n) is 3.66. The first kappa shape index (κ1) is 13.3. The molecule has 0 unspecified atom stereocenters. The van der Waals surface area contributed by atoms with Crippen molar-refractivity contribution in [3.8, 4) is 0 Å². The monoisotopic (exact) mass is 300 g/mol. The number of hydrogen-bond acceptors (Lipinski definition) is 3. The fourth-order valence-electron chi connectivity index (χ4n) is 2.15. The Bertz CT molecular complexity index is 554. The summed E-state index contributed by atoms with van der Waals surface area (Å²) < 4.78 is 27.0. The summed E-state index contributed by atoms with van der Waals surface area (Å²) in [5.41, 5.74) is 0. The van der Waals surface area contributed by atoms with Gasteiger partial charge in [-0.3, -0.25) is 0 Å². The van der Waals surface area contributed by atoms with Crippen LogP contribution >= 0.6 is 11.6 Å². The Hall–Kier alpha value is -0.650. The maximum Gasteiger partial charge on any atom is 0.246 e. The molecular weight excluding hydrogens is 284 g/mol. The first-order valence-corrected chi connectivity index (χ1v) is 8.50. The molecule has 6 heteroatoms. The van der Waals surface area contributed by atoms with Gasteiger partial charge in [0, 0.05) is 19.3 Å². The van der Waals surface area contributed by atoms with Crippen molar-refractivity contribution in [2.75, 3.05) is 13.1 Å². The minimum atomic E-state index is -3.50. The molecule has 0 spiro atoms. The van der Waals surface area contributed by atoms with Gasteiger partial charge in [-0.2, -0.15) is 4.31 Å². The molecule has 0 bridgehead atoms. The van der Waals surface area contributed by atoms with E-state index in [4.69, 9.17) is 11.6 Å². The molecular formula is C13H17ClN2O2S. The van der Waals surface area contributed by atoms with Gasteiger partial charge in [0.05, 0.1) is 0 Å². The molecule has 0 aromatic carbocycles. The van der Waals surface area contributed by atoms with E-state index in [1.807, 2.05) is 0 Å². The zero-order valence-electron chi connectivity index (χ0n) is 10.6. The van der Waals surface area contributed by atoms with Crippen LogP contribution in [0.15, 0.2) is 23.2 Å². The molecule has 104 valence electrons. The predicted molar refractivity (Wildman–Crippen MR) is 73.5 cm³/mol. The topological polar surface area (TPSA) is 50.3 Å². The Morgan fingerprint density at radius 3 is 2.26 bits per heavy atom. The molecule has 0 amide bonds. The van der Waals surface area contributed by atoms with Gasteiger partial charge in [0.15, 0.2) is 0 Å². The van der Waals surface area contributed by atoms with Crippen molar-refractivity contribution in [1.82, 2.24) is 9.29 Å². The van der Waals surface area contributed by atoms with Gasteiger partial charge in [0.2, 0.25) is 10.0 Å². The lowest BCUT2D eigenvalue weighted by molar-refractivity contribution is 0.382. The molecule has 2 fully saturated rings. The maximum atomic E-state index is 12.7. The Balaban J connectivity index is 1.87. The molecule has 1 heterocycles. The van der Waals surface area contributed by atoms with Crippen molar-refractivity contribution in [2.24, 2.45) is 11.8 Å². The van der Waals surface area contributed by atoms with Crippen LogP contribution in [0.1, 0.15) is 25.7 Å². The van der Waals surface area contributed by atoms with Crippen LogP contribution in [0.25, 0.3) is 0 Å². The highest BCUT2D eigenvalue weighted by Crippen LogP contribution is 2.36. The van der Waals surface area contributed by atoms with E-state index in [1.54, 1.807) is 10.4 Å². The van der Waals surface area contributed by atoms with Gasteiger partial charge in [-0.05, 0) is 49.7 Å². The van der Waals surface area contributed by atoms with Crippen molar-refractivity contribution in [3.05, 3.63) is 23.5 Å². The lowest BCUT2D eigenvalue weighted by atomic mass is 10.4. The Morgan fingerprint density at radius 2 is 1.79 bits per heavy atom. The molecule has 0 N–H and O–H groups in total. The van der Waals surface area contributed by atoms with Crippen LogP contribution in [-0.2, 0) is 10.0 Å². The highest BCUT2D eigenvalue weighted by atomic mass is 35.5. The molecule has 0 radical (unpaired) electrons. The normalized spacial score (nSPS) is 19.9. The van der Waals surface area contributed by atoms with Gasteiger partial charge in [-0.1, -0.05) is 11.6 Å². The number of pyridine rings is 1. The van der Waals surface area contributed by atoms with E-state index in [2.05, 4.69) is 4.98 Å². The summed E-state index contributed by atoms with van der Waals surface area (Å²) in [7, 11) is -3.50. The van der Waals surface area contributed by atoms with Gasteiger partial charge in [0.25, 0.3) is 0 Å². The van der Waals surface area contributed by atoms with Crippen LogP contribution in [0, 0.1) is 11.8 Å². The minimum absolute atomic E-state index is 0.0686. The Labute approximate surface area is 118 Å². The van der Waals surface area contributed by atoms with Crippen molar-refractivity contribution in [3.63, 3.8) is 0 Å². The number of aromatic nitrogens is 1. The number of sulfonamides is 1. The van der Waals surface area contributed by atoms with E-state index in [0.29, 0.717) is 24.9 Å². The van der Waals surface area contributed by atoms with Gasteiger partial charge in [-0.15, -0.1) is 0 Å². The maximum absolute atomic E-state index is 12.7. The summed E-state index contributed by atoms with van der Waals surface area (Å²) >= 11 is 5.94. The van der Waals surface area contributed by atoms with E-state index in [9.17, 15) is 8.42 Å². The molecule has 19 heavy (non-hydrogen) atoms. The minimum Gasteiger partial charge on any atom is -0.243 e. The van der Waals surface area contributed by atoms with Crippen LogP contribution in [0.2, 0.25) is 5.15 Å². The van der Waals surface area contributed by atoms with Crippen molar-refractivity contribution < 1.29 is 8.42 Å². The molecule has 2 aliphatic carbocycles. The number of nitrogens with zero attached hydrogens (tertiary/aromatic N) is 2. The lowest BCUT2D eigenvalue weighted by Crippen LogP contribution is -2.35. The number of halogens is 1. The van der Waals surface area contributed by atoms with Gasteiger partial charge in [-0.25, -0.2) is 13.4 Å². The molecule has 2 aliphatic rings. The summed E-state index contributed by atoms with van der Waals surface area (Å²) in [6, 6.07) is 3.16. The van der Waals surface area contributed by atoms with Crippen LogP contribution in [-0.4, -0.2) is 30.8 Å². The summed E-state index contributed by atoms with van der Waals surface area (Å²) in [6.45, 7) is 1.26. The summed E-state index contributed by atoms with van der Waals surface area (Å²) in [5.74, 6) is 1.06. The SMILES string of the molecule is O=S(=O)(c1cccnc1Cl)N(CC1CC1)CC1CC1. The lowest BCUT2D eigenvalue weighted by Gasteiger charge is -2.22. The summed E-state index contributed by atoms with van der Waals surface area (Å²) in [4.78, 5) is 4.01. The van der Waals surface area contributed by atoms with Crippen LogP contribution < -0.4 is 0 Å². The smallest absolute Gasteiger partial charge is 0.243 e. The third kappa shape index (κ3) is 3.09. The molecule has 3 rings (SSSR count). The molecule has 0 atom stereocenters. The van der Waals surface area contributed by atoms with Crippen molar-refractivity contribution >= 4 is 21.6 Å². The zero-order chi connectivity index (χ0) is 13.5. The number of rotatable bonds is 6. The van der Waals surface area contributed by atoms with Gasteiger partial charge in [0.1, 0.15) is 10.0 Å². The predicted octanol–water partition coefficient (Wildman–Crippen LogP) is 2.55. The molecule has 1 aromatic heterocycles. The first-order chi connectivity index (χ1) is 9.07.